The van der Waals surface area contributed by atoms with Crippen LogP contribution < -0.4 is 5.32 Å². The van der Waals surface area contributed by atoms with E-state index in [1.54, 1.807) is 0 Å². The molecule has 0 saturated carbocycles. The molecule has 0 radical (unpaired) electrons. The van der Waals surface area contributed by atoms with Crippen molar-refractivity contribution >= 4 is 26.8 Å². The van der Waals surface area contributed by atoms with Crippen molar-refractivity contribution in [3.63, 3.8) is 0 Å². The fraction of sp³-hybridized carbons (Fsp3) is 0.385. The zero-order valence-electron chi connectivity index (χ0n) is 9.55. The highest BCUT2D eigenvalue weighted by Gasteiger charge is 2.23. The maximum atomic E-state index is 3.68. The Labute approximate surface area is 104 Å². The standard InChI is InChI=1S/C13H15BrN2/c1-8-13-9(6-7-15-8)12-10(14)4-3-5-11(12)16(13)2/h3-5,8,15H,6-7H2,1-2H3. The first-order valence-electron chi connectivity index (χ1n) is 5.69. The molecule has 1 aliphatic heterocycles. The molecule has 16 heavy (non-hydrogen) atoms. The largest absolute Gasteiger partial charge is 0.346 e. The highest BCUT2D eigenvalue weighted by Crippen LogP contribution is 2.36. The first-order chi connectivity index (χ1) is 7.70. The molecule has 0 bridgehead atoms. The molecule has 0 fully saturated rings. The topological polar surface area (TPSA) is 17.0 Å². The number of nitrogens with zero attached hydrogens (tertiary/aromatic N) is 1. The number of aryl methyl sites for hydroxylation is 1. The van der Waals surface area contributed by atoms with E-state index in [1.165, 1.54) is 26.6 Å². The van der Waals surface area contributed by atoms with Crippen LogP contribution in [-0.4, -0.2) is 11.1 Å². The van der Waals surface area contributed by atoms with E-state index in [0.717, 1.165) is 13.0 Å². The summed E-state index contributed by atoms with van der Waals surface area (Å²) in [5.74, 6) is 0. The molecule has 1 atom stereocenters. The summed E-state index contributed by atoms with van der Waals surface area (Å²) in [6.45, 7) is 3.32. The van der Waals surface area contributed by atoms with Gasteiger partial charge in [0.05, 0.1) is 0 Å². The van der Waals surface area contributed by atoms with Crippen LogP contribution in [0.2, 0.25) is 0 Å². The zero-order chi connectivity index (χ0) is 11.3. The van der Waals surface area contributed by atoms with Gasteiger partial charge in [0.2, 0.25) is 0 Å². The lowest BCUT2D eigenvalue weighted by molar-refractivity contribution is 0.515. The van der Waals surface area contributed by atoms with Gasteiger partial charge in [-0.25, -0.2) is 0 Å². The summed E-state index contributed by atoms with van der Waals surface area (Å²) in [6.07, 6.45) is 1.12. The third kappa shape index (κ3) is 1.28. The average Bonchev–Trinajstić information content (AvgIpc) is 2.56. The van der Waals surface area contributed by atoms with Crippen molar-refractivity contribution in [3.05, 3.63) is 33.9 Å². The summed E-state index contributed by atoms with van der Waals surface area (Å²) in [4.78, 5) is 0. The van der Waals surface area contributed by atoms with Gasteiger partial charge in [0, 0.05) is 34.2 Å². The molecule has 84 valence electrons. The Morgan fingerprint density at radius 3 is 3.06 bits per heavy atom. The Kier molecular flexibility index (Phi) is 2.33. The minimum absolute atomic E-state index is 0.452. The maximum Gasteiger partial charge on any atom is 0.0494 e. The first kappa shape index (κ1) is 10.4. The van der Waals surface area contributed by atoms with Crippen LogP contribution in [0.25, 0.3) is 10.9 Å². The number of fused-ring (bicyclic) bond motifs is 3. The van der Waals surface area contributed by atoms with Crippen molar-refractivity contribution in [2.24, 2.45) is 7.05 Å². The Morgan fingerprint density at radius 2 is 2.25 bits per heavy atom. The summed E-state index contributed by atoms with van der Waals surface area (Å²) in [7, 11) is 2.16. The van der Waals surface area contributed by atoms with E-state index in [2.05, 4.69) is 58.0 Å². The Bertz CT molecular complexity index is 557. The van der Waals surface area contributed by atoms with E-state index in [1.807, 2.05) is 0 Å². The van der Waals surface area contributed by atoms with Crippen molar-refractivity contribution in [3.8, 4) is 0 Å². The highest BCUT2D eigenvalue weighted by molar-refractivity contribution is 9.10. The molecule has 2 aromatic rings. The fourth-order valence-corrected chi connectivity index (χ4v) is 3.46. The predicted octanol–water partition coefficient (Wildman–Crippen LogP) is 3.15. The van der Waals surface area contributed by atoms with Crippen molar-refractivity contribution in [1.82, 2.24) is 9.88 Å². The van der Waals surface area contributed by atoms with Gasteiger partial charge in [0.1, 0.15) is 0 Å². The molecule has 2 nitrogen and oxygen atoms in total. The molecule has 0 spiro atoms. The van der Waals surface area contributed by atoms with Crippen molar-refractivity contribution in [2.75, 3.05) is 6.54 Å². The SMILES string of the molecule is CC1NCCc2c1n(C)c1cccc(Br)c21. The number of hydrogen-bond acceptors (Lipinski definition) is 1. The van der Waals surface area contributed by atoms with Crippen LogP contribution in [0.15, 0.2) is 22.7 Å². The van der Waals surface area contributed by atoms with Gasteiger partial charge in [0.15, 0.2) is 0 Å². The molecular weight excluding hydrogens is 264 g/mol. The van der Waals surface area contributed by atoms with Crippen molar-refractivity contribution in [2.45, 2.75) is 19.4 Å². The summed E-state index contributed by atoms with van der Waals surface area (Å²) in [6, 6.07) is 6.89. The quantitative estimate of drug-likeness (QED) is 0.784. The molecular formula is C13H15BrN2. The lowest BCUT2D eigenvalue weighted by Gasteiger charge is -2.22. The molecule has 1 aliphatic rings. The van der Waals surface area contributed by atoms with Crippen LogP contribution in [0.1, 0.15) is 24.2 Å². The summed E-state index contributed by atoms with van der Waals surface area (Å²) in [5.41, 5.74) is 4.28. The first-order valence-corrected chi connectivity index (χ1v) is 6.48. The Morgan fingerprint density at radius 1 is 1.44 bits per heavy atom. The van der Waals surface area contributed by atoms with E-state index >= 15 is 0 Å². The van der Waals surface area contributed by atoms with Crippen LogP contribution in [0.3, 0.4) is 0 Å². The molecule has 1 aromatic heterocycles. The second-order valence-electron chi connectivity index (χ2n) is 4.48. The molecule has 3 heteroatoms. The zero-order valence-corrected chi connectivity index (χ0v) is 11.1. The maximum absolute atomic E-state index is 3.68. The van der Waals surface area contributed by atoms with Gasteiger partial charge in [-0.3, -0.25) is 0 Å². The van der Waals surface area contributed by atoms with Gasteiger partial charge < -0.3 is 9.88 Å². The minimum Gasteiger partial charge on any atom is -0.346 e. The van der Waals surface area contributed by atoms with Gasteiger partial charge in [-0.05, 0) is 37.6 Å². The molecule has 1 N–H and O–H groups in total. The van der Waals surface area contributed by atoms with E-state index < -0.39 is 0 Å². The highest BCUT2D eigenvalue weighted by atomic mass is 79.9. The lowest BCUT2D eigenvalue weighted by Crippen LogP contribution is -2.28. The minimum atomic E-state index is 0.452. The number of aromatic nitrogens is 1. The van der Waals surface area contributed by atoms with Crippen LogP contribution in [0, 0.1) is 0 Å². The number of halogens is 1. The van der Waals surface area contributed by atoms with Crippen LogP contribution >= 0.6 is 15.9 Å². The number of hydrogen-bond donors (Lipinski definition) is 1. The molecule has 2 heterocycles. The molecule has 0 amide bonds. The van der Waals surface area contributed by atoms with E-state index in [4.69, 9.17) is 0 Å². The summed E-state index contributed by atoms with van der Waals surface area (Å²) in [5, 5.41) is 4.92. The van der Waals surface area contributed by atoms with Gasteiger partial charge in [-0.2, -0.15) is 0 Å². The second-order valence-corrected chi connectivity index (χ2v) is 5.34. The second kappa shape index (κ2) is 3.60. The van der Waals surface area contributed by atoms with Gasteiger partial charge in [-0.15, -0.1) is 0 Å². The molecule has 1 aromatic carbocycles. The average molecular weight is 279 g/mol. The van der Waals surface area contributed by atoms with Crippen molar-refractivity contribution in [1.29, 1.82) is 0 Å². The van der Waals surface area contributed by atoms with Crippen LogP contribution in [0.4, 0.5) is 0 Å². The number of rotatable bonds is 0. The predicted molar refractivity (Wildman–Crippen MR) is 70.7 cm³/mol. The Hall–Kier alpha value is -0.800. The Balaban J connectivity index is 2.44. The fourth-order valence-electron chi connectivity index (χ4n) is 2.87. The van der Waals surface area contributed by atoms with Gasteiger partial charge in [-0.1, -0.05) is 22.0 Å². The monoisotopic (exact) mass is 278 g/mol. The smallest absolute Gasteiger partial charge is 0.0494 e. The summed E-state index contributed by atoms with van der Waals surface area (Å²) < 4.78 is 3.54. The van der Waals surface area contributed by atoms with Gasteiger partial charge in [0.25, 0.3) is 0 Å². The molecule has 0 aliphatic carbocycles. The normalized spacial score (nSPS) is 20.1. The van der Waals surface area contributed by atoms with Crippen LogP contribution in [-0.2, 0) is 13.5 Å². The van der Waals surface area contributed by atoms with E-state index in [-0.39, 0.29) is 0 Å². The number of nitrogens with one attached hydrogen (secondary N) is 1. The molecule has 0 saturated heterocycles. The third-order valence-corrected chi connectivity index (χ3v) is 4.22. The van der Waals surface area contributed by atoms with Crippen LogP contribution in [0.5, 0.6) is 0 Å². The summed E-state index contributed by atoms with van der Waals surface area (Å²) >= 11 is 3.68. The third-order valence-electron chi connectivity index (χ3n) is 3.56. The van der Waals surface area contributed by atoms with E-state index in [0.29, 0.717) is 6.04 Å². The molecule has 1 unspecified atom stereocenters. The van der Waals surface area contributed by atoms with Crippen molar-refractivity contribution < 1.29 is 0 Å². The van der Waals surface area contributed by atoms with Gasteiger partial charge >= 0.3 is 0 Å². The molecule has 3 rings (SSSR count). The lowest BCUT2D eigenvalue weighted by atomic mass is 10.0. The number of benzene rings is 1. The van der Waals surface area contributed by atoms with E-state index in [9.17, 15) is 0 Å².